The van der Waals surface area contributed by atoms with Crippen molar-refractivity contribution in [3.05, 3.63) is 0 Å². The zero-order valence-corrected chi connectivity index (χ0v) is 9.54. The fraction of sp³-hybridized carbons (Fsp3) is 1.00. The Hall–Kier alpha value is 0.0300. The van der Waals surface area contributed by atoms with Crippen LogP contribution in [0.2, 0.25) is 0 Å². The average molecular weight is 225 g/mol. The minimum absolute atomic E-state index is 0.463. The Morgan fingerprint density at radius 1 is 1.36 bits per heavy atom. The number of hydrogen-bond donors (Lipinski definition) is 3. The van der Waals surface area contributed by atoms with E-state index in [4.69, 9.17) is 14.9 Å². The lowest BCUT2D eigenvalue weighted by molar-refractivity contribution is 0.157. The first-order valence-electron chi connectivity index (χ1n) is 4.78. The van der Waals surface area contributed by atoms with E-state index in [9.17, 15) is 4.57 Å². The van der Waals surface area contributed by atoms with Crippen LogP contribution in [0.5, 0.6) is 0 Å². The molecule has 0 amide bonds. The van der Waals surface area contributed by atoms with E-state index in [0.717, 1.165) is 19.5 Å². The van der Waals surface area contributed by atoms with Gasteiger partial charge in [-0.2, -0.15) is 5.48 Å². The van der Waals surface area contributed by atoms with Crippen molar-refractivity contribution in [1.82, 2.24) is 10.8 Å². The molecule has 6 nitrogen and oxygen atoms in total. The van der Waals surface area contributed by atoms with Gasteiger partial charge in [0.2, 0.25) is 0 Å². The van der Waals surface area contributed by atoms with Gasteiger partial charge in [0.15, 0.2) is 0 Å². The van der Waals surface area contributed by atoms with Crippen LogP contribution in [0.1, 0.15) is 13.3 Å². The molecule has 0 heterocycles. The third-order valence-corrected chi connectivity index (χ3v) is 2.06. The van der Waals surface area contributed by atoms with Crippen LogP contribution in [-0.2, 0) is 13.7 Å². The van der Waals surface area contributed by atoms with Crippen molar-refractivity contribution in [2.75, 3.05) is 32.8 Å². The lowest BCUT2D eigenvalue weighted by atomic mass is 10.5. The van der Waals surface area contributed by atoms with Gasteiger partial charge in [-0.05, 0) is 6.42 Å². The molecule has 0 bridgehead atoms. The largest absolute Gasteiger partial charge is 0.335 e. The monoisotopic (exact) mass is 225 g/mol. The second kappa shape index (κ2) is 11.1. The Morgan fingerprint density at radius 3 is 2.79 bits per heavy atom. The number of nitrogens with one attached hydrogen (secondary N) is 2. The molecule has 14 heavy (non-hydrogen) atoms. The first kappa shape index (κ1) is 14.0. The summed E-state index contributed by atoms with van der Waals surface area (Å²) in [5.74, 6) is 0. The summed E-state index contributed by atoms with van der Waals surface area (Å²) in [6, 6.07) is 0. The molecule has 7 heteroatoms. The predicted molar refractivity (Wildman–Crippen MR) is 56.3 cm³/mol. The molecular weight excluding hydrogens is 205 g/mol. The molecule has 1 atom stereocenters. The van der Waals surface area contributed by atoms with E-state index < -0.39 is 8.25 Å². The van der Waals surface area contributed by atoms with Crippen LogP contribution < -0.4 is 16.5 Å². The van der Waals surface area contributed by atoms with Crippen molar-refractivity contribution in [3.8, 4) is 0 Å². The highest BCUT2D eigenvalue weighted by atomic mass is 31.1. The van der Waals surface area contributed by atoms with Gasteiger partial charge in [-0.1, -0.05) is 6.92 Å². The fourth-order valence-corrected chi connectivity index (χ4v) is 1.34. The number of hydroxylamine groups is 1. The Kier molecular flexibility index (Phi) is 11.1. The maximum absolute atomic E-state index is 10.9. The Labute approximate surface area is 85.4 Å². The summed E-state index contributed by atoms with van der Waals surface area (Å²) in [6.45, 7) is 5.08. The summed E-state index contributed by atoms with van der Waals surface area (Å²) in [4.78, 5) is 0. The van der Waals surface area contributed by atoms with E-state index in [1.54, 1.807) is 0 Å². The molecule has 0 aromatic carbocycles. The molecule has 0 aliphatic heterocycles. The second-order valence-electron chi connectivity index (χ2n) is 2.63. The van der Waals surface area contributed by atoms with E-state index in [1.807, 2.05) is 6.92 Å². The van der Waals surface area contributed by atoms with E-state index >= 15 is 0 Å². The topological polar surface area (TPSA) is 85.6 Å². The lowest BCUT2D eigenvalue weighted by Crippen LogP contribution is -2.29. The van der Waals surface area contributed by atoms with Gasteiger partial charge in [-0.3, -0.25) is 4.57 Å². The Balaban J connectivity index is 3.07. The Bertz CT molecular complexity index is 148. The third-order valence-electron chi connectivity index (χ3n) is 1.30. The molecule has 0 spiro atoms. The number of nitrogens with two attached hydrogens (primary N) is 1. The molecule has 0 aliphatic rings. The molecule has 0 aliphatic carbocycles. The highest BCUT2D eigenvalue weighted by molar-refractivity contribution is 7.33. The van der Waals surface area contributed by atoms with Crippen molar-refractivity contribution in [3.63, 3.8) is 0 Å². The summed E-state index contributed by atoms with van der Waals surface area (Å²) in [5, 5.41) is 3.05. The van der Waals surface area contributed by atoms with Crippen molar-refractivity contribution in [2.24, 2.45) is 5.73 Å². The maximum atomic E-state index is 10.9. The van der Waals surface area contributed by atoms with Gasteiger partial charge in [0, 0.05) is 26.2 Å². The van der Waals surface area contributed by atoms with Gasteiger partial charge >= 0.3 is 8.25 Å². The van der Waals surface area contributed by atoms with Gasteiger partial charge < -0.3 is 15.6 Å². The predicted octanol–water partition coefficient (Wildman–Crippen LogP) is -0.128. The normalized spacial score (nSPS) is 13.0. The smallest absolute Gasteiger partial charge is 0.329 e. The molecule has 0 radical (unpaired) electrons. The SMILES string of the molecule is CCCO[PH](=O)ONCCNCCN. The minimum Gasteiger partial charge on any atom is -0.329 e. The summed E-state index contributed by atoms with van der Waals surface area (Å²) in [6.07, 6.45) is 0.831. The van der Waals surface area contributed by atoms with Gasteiger partial charge in [-0.25, -0.2) is 4.62 Å². The molecule has 86 valence electrons. The van der Waals surface area contributed by atoms with Crippen molar-refractivity contribution >= 4 is 8.25 Å². The van der Waals surface area contributed by atoms with E-state index in [2.05, 4.69) is 10.8 Å². The molecule has 4 N–H and O–H groups in total. The molecule has 0 aromatic heterocycles. The molecule has 0 aromatic rings. The minimum atomic E-state index is -2.36. The van der Waals surface area contributed by atoms with E-state index in [0.29, 0.717) is 19.7 Å². The maximum Gasteiger partial charge on any atom is 0.335 e. The third kappa shape index (κ3) is 10.1. The summed E-state index contributed by atoms with van der Waals surface area (Å²) >= 11 is 0. The molecule has 0 fully saturated rings. The molecule has 1 unspecified atom stereocenters. The van der Waals surface area contributed by atoms with Crippen molar-refractivity contribution in [2.45, 2.75) is 13.3 Å². The average Bonchev–Trinajstić information content (AvgIpc) is 2.20. The van der Waals surface area contributed by atoms with Gasteiger partial charge in [0.25, 0.3) is 0 Å². The van der Waals surface area contributed by atoms with Crippen LogP contribution in [0.15, 0.2) is 0 Å². The highest BCUT2D eigenvalue weighted by Gasteiger charge is 1.97. The second-order valence-corrected chi connectivity index (χ2v) is 3.63. The standard InChI is InChI=1S/C7H20N3O3P/c1-2-7-12-14(11)13-10-6-5-9-4-3-8/h9-10,14H,2-8H2,1H3. The number of hydrogen-bond acceptors (Lipinski definition) is 6. The van der Waals surface area contributed by atoms with E-state index in [1.165, 1.54) is 0 Å². The fourth-order valence-electron chi connectivity index (χ4n) is 0.691. The summed E-state index contributed by atoms with van der Waals surface area (Å²) < 4.78 is 20.5. The van der Waals surface area contributed by atoms with Crippen LogP contribution in [-0.4, -0.2) is 32.8 Å². The van der Waals surface area contributed by atoms with Gasteiger partial charge in [0.1, 0.15) is 0 Å². The molecule has 0 saturated heterocycles. The van der Waals surface area contributed by atoms with Crippen LogP contribution in [0.25, 0.3) is 0 Å². The first-order chi connectivity index (χ1) is 6.81. The quantitative estimate of drug-likeness (QED) is 0.273. The first-order valence-corrected chi connectivity index (χ1v) is 6.01. The molecule has 0 saturated carbocycles. The number of rotatable bonds is 10. The van der Waals surface area contributed by atoms with Gasteiger partial charge in [-0.15, -0.1) is 0 Å². The van der Waals surface area contributed by atoms with Crippen LogP contribution >= 0.6 is 8.25 Å². The zero-order chi connectivity index (χ0) is 10.6. The van der Waals surface area contributed by atoms with E-state index in [-0.39, 0.29) is 0 Å². The summed E-state index contributed by atoms with van der Waals surface area (Å²) in [5.41, 5.74) is 7.82. The zero-order valence-electron chi connectivity index (χ0n) is 8.54. The van der Waals surface area contributed by atoms with Crippen LogP contribution in [0.3, 0.4) is 0 Å². The van der Waals surface area contributed by atoms with Crippen LogP contribution in [0.4, 0.5) is 0 Å². The Morgan fingerprint density at radius 2 is 2.14 bits per heavy atom. The van der Waals surface area contributed by atoms with Crippen molar-refractivity contribution in [1.29, 1.82) is 0 Å². The lowest BCUT2D eigenvalue weighted by Gasteiger charge is -2.06. The summed E-state index contributed by atoms with van der Waals surface area (Å²) in [7, 11) is -2.36. The molecular formula is C7H20N3O3P. The molecule has 0 rings (SSSR count). The van der Waals surface area contributed by atoms with Crippen molar-refractivity contribution < 1.29 is 13.7 Å². The van der Waals surface area contributed by atoms with Gasteiger partial charge in [0.05, 0.1) is 6.61 Å². The highest BCUT2D eigenvalue weighted by Crippen LogP contribution is 2.21. The van der Waals surface area contributed by atoms with Crippen LogP contribution in [0, 0.1) is 0 Å².